The Morgan fingerprint density at radius 1 is 1.21 bits per heavy atom. The molecule has 19 heavy (non-hydrogen) atoms. The summed E-state index contributed by atoms with van der Waals surface area (Å²) in [6, 6.07) is 0. The first-order chi connectivity index (χ1) is 9.20. The molecule has 6 heteroatoms. The van der Waals surface area contributed by atoms with E-state index in [2.05, 4.69) is 11.2 Å². The first-order valence-corrected chi connectivity index (χ1v) is 6.25. The standard InChI is InChI=1S/C13H21NO5/c1-2-7-14-12(16)11-18-9-10-19-13(17)6-4-3-5-8-15/h1,15H,3-11H2,(H,14,16). The molecule has 0 aliphatic rings. The van der Waals surface area contributed by atoms with Crippen LogP contribution < -0.4 is 5.32 Å². The lowest BCUT2D eigenvalue weighted by molar-refractivity contribution is -0.145. The van der Waals surface area contributed by atoms with Gasteiger partial charge in [-0.05, 0) is 12.8 Å². The lowest BCUT2D eigenvalue weighted by Gasteiger charge is -2.06. The van der Waals surface area contributed by atoms with Crippen molar-refractivity contribution in [3.63, 3.8) is 0 Å². The molecular formula is C13H21NO5. The van der Waals surface area contributed by atoms with Crippen LogP contribution >= 0.6 is 0 Å². The predicted octanol–water partition coefficient (Wildman–Crippen LogP) is -0.152. The number of carbonyl (C=O) groups is 2. The number of hydrogen-bond donors (Lipinski definition) is 2. The third kappa shape index (κ3) is 12.7. The van der Waals surface area contributed by atoms with Gasteiger partial charge in [0, 0.05) is 13.0 Å². The molecule has 0 atom stereocenters. The highest BCUT2D eigenvalue weighted by Gasteiger charge is 2.03. The number of terminal acetylenes is 1. The van der Waals surface area contributed by atoms with Crippen molar-refractivity contribution in [1.29, 1.82) is 0 Å². The number of carbonyl (C=O) groups excluding carboxylic acids is 2. The van der Waals surface area contributed by atoms with Crippen LogP contribution in [0, 0.1) is 12.3 Å². The molecule has 0 aliphatic heterocycles. The first-order valence-electron chi connectivity index (χ1n) is 6.25. The largest absolute Gasteiger partial charge is 0.463 e. The van der Waals surface area contributed by atoms with Crippen LogP contribution in [0.4, 0.5) is 0 Å². The number of nitrogens with one attached hydrogen (secondary N) is 1. The van der Waals surface area contributed by atoms with E-state index >= 15 is 0 Å². The maximum Gasteiger partial charge on any atom is 0.305 e. The summed E-state index contributed by atoms with van der Waals surface area (Å²) in [6.07, 6.45) is 7.51. The van der Waals surface area contributed by atoms with Gasteiger partial charge in [0.05, 0.1) is 13.2 Å². The highest BCUT2D eigenvalue weighted by molar-refractivity contribution is 5.77. The summed E-state index contributed by atoms with van der Waals surface area (Å²) >= 11 is 0. The number of aliphatic hydroxyl groups is 1. The molecule has 0 spiro atoms. The van der Waals surface area contributed by atoms with Gasteiger partial charge in [0.15, 0.2) is 0 Å². The van der Waals surface area contributed by atoms with E-state index in [1.807, 2.05) is 0 Å². The summed E-state index contributed by atoms with van der Waals surface area (Å²) in [7, 11) is 0. The van der Waals surface area contributed by atoms with Gasteiger partial charge < -0.3 is 19.9 Å². The van der Waals surface area contributed by atoms with Crippen LogP contribution in [0.1, 0.15) is 25.7 Å². The summed E-state index contributed by atoms with van der Waals surface area (Å²) in [5.41, 5.74) is 0. The third-order valence-electron chi connectivity index (χ3n) is 2.15. The van der Waals surface area contributed by atoms with Crippen LogP contribution in [-0.2, 0) is 19.1 Å². The van der Waals surface area contributed by atoms with Gasteiger partial charge >= 0.3 is 5.97 Å². The molecule has 0 heterocycles. The van der Waals surface area contributed by atoms with Gasteiger partial charge in [-0.2, -0.15) is 0 Å². The average molecular weight is 271 g/mol. The minimum atomic E-state index is -0.298. The number of ether oxygens (including phenoxy) is 2. The Morgan fingerprint density at radius 3 is 2.68 bits per heavy atom. The summed E-state index contributed by atoms with van der Waals surface area (Å²) in [5.74, 6) is 1.68. The van der Waals surface area contributed by atoms with Gasteiger partial charge in [-0.15, -0.1) is 6.42 Å². The van der Waals surface area contributed by atoms with Gasteiger partial charge in [-0.25, -0.2) is 0 Å². The number of rotatable bonds is 11. The molecule has 108 valence electrons. The maximum atomic E-state index is 11.2. The highest BCUT2D eigenvalue weighted by Crippen LogP contribution is 2.00. The van der Waals surface area contributed by atoms with Crippen molar-refractivity contribution in [2.75, 3.05) is 33.0 Å². The third-order valence-corrected chi connectivity index (χ3v) is 2.15. The van der Waals surface area contributed by atoms with Crippen molar-refractivity contribution in [1.82, 2.24) is 5.32 Å². The fourth-order valence-corrected chi connectivity index (χ4v) is 1.21. The Bertz CT molecular complexity index is 298. The Kier molecular flexibility index (Phi) is 11.8. The van der Waals surface area contributed by atoms with Crippen molar-refractivity contribution in [2.45, 2.75) is 25.7 Å². The predicted molar refractivity (Wildman–Crippen MR) is 69.2 cm³/mol. The Balaban J connectivity index is 3.31. The molecule has 0 saturated heterocycles. The van der Waals surface area contributed by atoms with Crippen LogP contribution in [-0.4, -0.2) is 50.0 Å². The molecule has 0 rings (SSSR count). The zero-order chi connectivity index (χ0) is 14.3. The quantitative estimate of drug-likeness (QED) is 0.310. The van der Waals surface area contributed by atoms with Crippen LogP contribution in [0.2, 0.25) is 0 Å². The Morgan fingerprint density at radius 2 is 2.00 bits per heavy atom. The zero-order valence-electron chi connectivity index (χ0n) is 11.0. The van der Waals surface area contributed by atoms with E-state index in [0.29, 0.717) is 19.3 Å². The summed E-state index contributed by atoms with van der Waals surface area (Å²) < 4.78 is 9.89. The van der Waals surface area contributed by atoms with Gasteiger partial charge in [0.2, 0.25) is 5.91 Å². The Labute approximate surface area is 113 Å². The van der Waals surface area contributed by atoms with E-state index in [1.54, 1.807) is 0 Å². The van der Waals surface area contributed by atoms with E-state index < -0.39 is 0 Å². The van der Waals surface area contributed by atoms with Crippen LogP contribution in [0.15, 0.2) is 0 Å². The second-order valence-corrected chi connectivity index (χ2v) is 3.79. The van der Waals surface area contributed by atoms with Gasteiger partial charge in [0.25, 0.3) is 0 Å². The summed E-state index contributed by atoms with van der Waals surface area (Å²) in [4.78, 5) is 22.2. The molecule has 0 saturated carbocycles. The molecule has 0 radical (unpaired) electrons. The van der Waals surface area contributed by atoms with Crippen LogP contribution in [0.5, 0.6) is 0 Å². The number of unbranched alkanes of at least 4 members (excludes halogenated alkanes) is 2. The smallest absolute Gasteiger partial charge is 0.305 e. The van der Waals surface area contributed by atoms with E-state index in [0.717, 1.165) is 6.42 Å². The van der Waals surface area contributed by atoms with Crippen molar-refractivity contribution in [2.24, 2.45) is 0 Å². The molecule has 0 unspecified atom stereocenters. The van der Waals surface area contributed by atoms with Crippen LogP contribution in [0.3, 0.4) is 0 Å². The van der Waals surface area contributed by atoms with E-state index in [1.165, 1.54) is 0 Å². The molecule has 0 fully saturated rings. The number of hydrogen-bond acceptors (Lipinski definition) is 5. The van der Waals surface area contributed by atoms with E-state index in [4.69, 9.17) is 21.0 Å². The summed E-state index contributed by atoms with van der Waals surface area (Å²) in [6.45, 7) is 0.512. The second kappa shape index (κ2) is 12.9. The molecule has 0 aromatic rings. The molecular weight excluding hydrogens is 250 g/mol. The molecule has 0 aliphatic carbocycles. The minimum absolute atomic E-state index is 0.101. The molecule has 0 aromatic heterocycles. The maximum absolute atomic E-state index is 11.2. The lowest BCUT2D eigenvalue weighted by Crippen LogP contribution is -2.28. The topological polar surface area (TPSA) is 84.9 Å². The SMILES string of the molecule is C#CCNC(=O)COCCOC(=O)CCCCCO. The summed E-state index contributed by atoms with van der Waals surface area (Å²) in [5, 5.41) is 11.0. The fourth-order valence-electron chi connectivity index (χ4n) is 1.21. The Hall–Kier alpha value is -1.58. The molecule has 2 N–H and O–H groups in total. The zero-order valence-corrected chi connectivity index (χ0v) is 11.0. The van der Waals surface area contributed by atoms with Crippen molar-refractivity contribution in [3.05, 3.63) is 0 Å². The molecule has 0 bridgehead atoms. The first kappa shape index (κ1) is 17.4. The molecule has 6 nitrogen and oxygen atoms in total. The molecule has 1 amide bonds. The minimum Gasteiger partial charge on any atom is -0.463 e. The van der Waals surface area contributed by atoms with Gasteiger partial charge in [0.1, 0.15) is 13.2 Å². The second-order valence-electron chi connectivity index (χ2n) is 3.79. The number of amides is 1. The van der Waals surface area contributed by atoms with E-state index in [9.17, 15) is 9.59 Å². The fraction of sp³-hybridized carbons (Fsp3) is 0.692. The van der Waals surface area contributed by atoms with Crippen LogP contribution in [0.25, 0.3) is 0 Å². The monoisotopic (exact) mass is 271 g/mol. The normalized spacial score (nSPS) is 9.68. The highest BCUT2D eigenvalue weighted by atomic mass is 16.6. The van der Waals surface area contributed by atoms with E-state index in [-0.39, 0.29) is 44.8 Å². The number of esters is 1. The van der Waals surface area contributed by atoms with Crippen molar-refractivity contribution in [3.8, 4) is 12.3 Å². The molecule has 0 aromatic carbocycles. The van der Waals surface area contributed by atoms with Gasteiger partial charge in [-0.1, -0.05) is 12.3 Å². The number of aliphatic hydroxyl groups excluding tert-OH is 1. The lowest BCUT2D eigenvalue weighted by atomic mass is 10.2. The van der Waals surface area contributed by atoms with Crippen molar-refractivity contribution >= 4 is 11.9 Å². The average Bonchev–Trinajstić information content (AvgIpc) is 2.41. The van der Waals surface area contributed by atoms with Gasteiger partial charge in [-0.3, -0.25) is 9.59 Å². The van der Waals surface area contributed by atoms with Crippen molar-refractivity contribution < 1.29 is 24.2 Å².